The highest BCUT2D eigenvalue weighted by atomic mass is 16.6. The molecule has 0 spiro atoms. The van der Waals surface area contributed by atoms with Crippen molar-refractivity contribution >= 4 is 11.9 Å². The second kappa shape index (κ2) is 71.2. The van der Waals surface area contributed by atoms with E-state index in [-0.39, 0.29) is 25.2 Å². The smallest absolute Gasteiger partial charge is 0.306 e. The van der Waals surface area contributed by atoms with Crippen molar-refractivity contribution in [2.75, 3.05) is 13.2 Å². The summed E-state index contributed by atoms with van der Waals surface area (Å²) in [5, 5.41) is 9.69. The van der Waals surface area contributed by atoms with Crippen molar-refractivity contribution in [2.45, 2.75) is 238 Å². The van der Waals surface area contributed by atoms with Gasteiger partial charge >= 0.3 is 11.9 Å². The first kappa shape index (κ1) is 78.0. The Kier molecular flexibility index (Phi) is 66.1. The number of aliphatic hydroxyl groups is 1. The molecule has 0 saturated heterocycles. The average molecular weight is 1150 g/mol. The van der Waals surface area contributed by atoms with E-state index in [1.54, 1.807) is 0 Å². The highest BCUT2D eigenvalue weighted by Gasteiger charge is 2.16. The number of ether oxygens (including phenoxy) is 2. The molecule has 0 fully saturated rings. The number of allylic oxidation sites excluding steroid dienone is 38. The number of carbonyl (C=O) groups is 2. The predicted molar refractivity (Wildman–Crippen MR) is 370 cm³/mol. The van der Waals surface area contributed by atoms with E-state index < -0.39 is 6.10 Å². The van der Waals surface area contributed by atoms with Crippen LogP contribution in [0.25, 0.3) is 0 Å². The second-order valence-corrected chi connectivity index (χ2v) is 20.7. The van der Waals surface area contributed by atoms with Crippen LogP contribution in [0.5, 0.6) is 0 Å². The van der Waals surface area contributed by atoms with E-state index in [1.165, 1.54) is 25.7 Å². The molecule has 1 unspecified atom stereocenters. The molecule has 0 aromatic carbocycles. The van der Waals surface area contributed by atoms with E-state index in [0.717, 1.165) is 180 Å². The third kappa shape index (κ3) is 68.5. The van der Waals surface area contributed by atoms with Crippen LogP contribution in [0.1, 0.15) is 232 Å². The van der Waals surface area contributed by atoms with Crippen LogP contribution in [0.3, 0.4) is 0 Å². The summed E-state index contributed by atoms with van der Waals surface area (Å²) < 4.78 is 10.7. The van der Waals surface area contributed by atoms with Gasteiger partial charge in [0.05, 0.1) is 6.61 Å². The third-order valence-corrected chi connectivity index (χ3v) is 13.0. The molecule has 0 radical (unpaired) electrons. The van der Waals surface area contributed by atoms with Crippen molar-refractivity contribution < 1.29 is 24.2 Å². The van der Waals surface area contributed by atoms with Gasteiger partial charge in [0, 0.05) is 12.8 Å². The minimum Gasteiger partial charge on any atom is -0.462 e. The van der Waals surface area contributed by atoms with Crippen molar-refractivity contribution in [2.24, 2.45) is 0 Å². The zero-order valence-electron chi connectivity index (χ0n) is 53.1. The van der Waals surface area contributed by atoms with Gasteiger partial charge in [-0.05, 0) is 161 Å². The average Bonchev–Trinajstić information content (AvgIpc) is 3.51. The van der Waals surface area contributed by atoms with Crippen LogP contribution >= 0.6 is 0 Å². The quantitative estimate of drug-likeness (QED) is 0.0373. The van der Waals surface area contributed by atoms with Gasteiger partial charge in [-0.2, -0.15) is 0 Å². The molecular formula is C79H118O5. The molecule has 464 valence electrons. The number of hydrogen-bond donors (Lipinski definition) is 1. The molecular weight excluding hydrogens is 1030 g/mol. The van der Waals surface area contributed by atoms with Crippen molar-refractivity contribution in [3.05, 3.63) is 231 Å². The summed E-state index contributed by atoms with van der Waals surface area (Å²) in [7, 11) is 0. The fourth-order valence-corrected chi connectivity index (χ4v) is 8.10. The van der Waals surface area contributed by atoms with Crippen molar-refractivity contribution in [3.8, 4) is 0 Å². The lowest BCUT2D eigenvalue weighted by atomic mass is 10.1. The van der Waals surface area contributed by atoms with Gasteiger partial charge in [0.1, 0.15) is 6.61 Å². The summed E-state index contributed by atoms with van der Waals surface area (Å²) in [4.78, 5) is 24.6. The number of unbranched alkanes of at least 4 members (excludes halogenated alkanes) is 11. The highest BCUT2D eigenvalue weighted by molar-refractivity contribution is 5.70. The molecule has 5 heteroatoms. The summed E-state index contributed by atoms with van der Waals surface area (Å²) in [6.45, 7) is 3.86. The first-order valence-electron chi connectivity index (χ1n) is 32.9. The fourth-order valence-electron chi connectivity index (χ4n) is 8.10. The van der Waals surface area contributed by atoms with Crippen molar-refractivity contribution in [1.29, 1.82) is 0 Å². The van der Waals surface area contributed by atoms with E-state index in [9.17, 15) is 14.7 Å². The lowest BCUT2D eigenvalue weighted by Gasteiger charge is -2.15. The highest BCUT2D eigenvalue weighted by Crippen LogP contribution is 2.12. The first-order chi connectivity index (χ1) is 41.6. The molecule has 0 aliphatic carbocycles. The van der Waals surface area contributed by atoms with Gasteiger partial charge in [-0.25, -0.2) is 0 Å². The molecule has 84 heavy (non-hydrogen) atoms. The molecule has 0 rings (SSSR count). The minimum absolute atomic E-state index is 0.0991. The monoisotopic (exact) mass is 1150 g/mol. The number of rotatable bonds is 57. The normalized spacial score (nSPS) is 13.8. The number of aliphatic hydroxyl groups excluding tert-OH is 1. The van der Waals surface area contributed by atoms with Gasteiger partial charge in [0.2, 0.25) is 0 Å². The van der Waals surface area contributed by atoms with Crippen LogP contribution in [0.4, 0.5) is 0 Å². The van der Waals surface area contributed by atoms with Gasteiger partial charge in [0.25, 0.3) is 0 Å². The molecule has 0 saturated carbocycles. The summed E-state index contributed by atoms with van der Waals surface area (Å²) >= 11 is 0. The Morgan fingerprint density at radius 1 is 0.274 bits per heavy atom. The van der Waals surface area contributed by atoms with Gasteiger partial charge in [-0.15, -0.1) is 0 Å². The molecule has 0 aromatic rings. The number of carbonyl (C=O) groups excluding carboxylic acids is 2. The van der Waals surface area contributed by atoms with Crippen LogP contribution in [0.2, 0.25) is 0 Å². The Balaban J connectivity index is 3.69. The van der Waals surface area contributed by atoms with Gasteiger partial charge in [-0.3, -0.25) is 9.59 Å². The minimum atomic E-state index is -0.812. The van der Waals surface area contributed by atoms with E-state index in [1.807, 2.05) is 0 Å². The van der Waals surface area contributed by atoms with Gasteiger partial charge in [0.15, 0.2) is 6.10 Å². The molecule has 0 aliphatic heterocycles. The molecule has 5 nitrogen and oxygen atoms in total. The largest absolute Gasteiger partial charge is 0.462 e. The molecule has 1 atom stereocenters. The third-order valence-electron chi connectivity index (χ3n) is 13.0. The van der Waals surface area contributed by atoms with E-state index in [0.29, 0.717) is 12.8 Å². The zero-order valence-corrected chi connectivity index (χ0v) is 53.1. The molecule has 0 aromatic heterocycles. The Hall–Kier alpha value is -6.04. The first-order valence-corrected chi connectivity index (χ1v) is 32.9. The van der Waals surface area contributed by atoms with Gasteiger partial charge < -0.3 is 14.6 Å². The van der Waals surface area contributed by atoms with Crippen LogP contribution in [0.15, 0.2) is 231 Å². The van der Waals surface area contributed by atoms with E-state index in [2.05, 4.69) is 245 Å². The summed E-state index contributed by atoms with van der Waals surface area (Å²) in [5.74, 6) is -0.652. The Bertz CT molecular complexity index is 2080. The maximum Gasteiger partial charge on any atom is 0.306 e. The number of esters is 2. The Labute approximate surface area is 515 Å². The summed E-state index contributed by atoms with van der Waals surface area (Å²) in [5.41, 5.74) is 0. The lowest BCUT2D eigenvalue weighted by Crippen LogP contribution is -2.28. The molecule has 0 aliphatic rings. The Morgan fingerprint density at radius 3 is 0.714 bits per heavy atom. The van der Waals surface area contributed by atoms with Crippen LogP contribution < -0.4 is 0 Å². The molecule has 0 heterocycles. The molecule has 0 bridgehead atoms. The van der Waals surface area contributed by atoms with Crippen molar-refractivity contribution in [1.82, 2.24) is 0 Å². The standard InChI is InChI=1S/C79H118O5/c1-3-5-7-9-11-13-15-17-19-21-23-25-27-29-31-33-35-37-39-41-43-45-47-49-51-53-55-57-59-61-63-65-67-69-71-73-78(81)83-76-77(75-80)84-79(82)74-72-70-68-66-64-62-60-58-56-54-52-50-48-46-44-42-40-38-36-34-32-30-28-26-24-22-20-18-16-14-12-10-8-6-4-2/h5-8,11-14,17-20,23-26,29-32,35-38,41-44,47-50,53-56,60,62,77,80H,3-4,9-10,15-16,21-22,27-28,33-34,39-40,45-46,51-52,57-59,61,63-76H2,1-2H3/b7-5-,8-6-,13-11-,14-12-,19-17-,20-18-,25-23-,26-24-,31-29-,32-30-,37-35-,38-36-,43-41-,44-42-,49-47-,50-48-,55-53-,56-54-,62-60-. The lowest BCUT2D eigenvalue weighted by molar-refractivity contribution is -0.161. The summed E-state index contributed by atoms with van der Waals surface area (Å²) in [6.07, 6.45) is 117. The second-order valence-electron chi connectivity index (χ2n) is 20.7. The maximum absolute atomic E-state index is 12.3. The fraction of sp³-hybridized carbons (Fsp3) is 0.494. The number of hydrogen-bond acceptors (Lipinski definition) is 5. The topological polar surface area (TPSA) is 72.8 Å². The molecule has 1 N–H and O–H groups in total. The molecule has 0 amide bonds. The van der Waals surface area contributed by atoms with Gasteiger partial charge in [-0.1, -0.05) is 290 Å². The summed E-state index contributed by atoms with van der Waals surface area (Å²) in [6, 6.07) is 0. The maximum atomic E-state index is 12.3. The predicted octanol–water partition coefficient (Wildman–Crippen LogP) is 23.3. The van der Waals surface area contributed by atoms with E-state index >= 15 is 0 Å². The Morgan fingerprint density at radius 2 is 0.476 bits per heavy atom. The van der Waals surface area contributed by atoms with Crippen molar-refractivity contribution in [3.63, 3.8) is 0 Å². The zero-order chi connectivity index (χ0) is 60.5. The van der Waals surface area contributed by atoms with Crippen LogP contribution in [-0.2, 0) is 19.1 Å². The van der Waals surface area contributed by atoms with Crippen LogP contribution in [-0.4, -0.2) is 36.4 Å². The van der Waals surface area contributed by atoms with Crippen LogP contribution in [0, 0.1) is 0 Å². The SMILES string of the molecule is CC/C=C\C/C=C\C/C=C\C/C=C\C/C=C\C/C=C\C/C=C\C/C=C\C/C=C\C/C=C\CCCCCCC(=O)OC(CO)COC(=O)CCCCCCCCC/C=C\C/C=C\C/C=C\C/C=C\C/C=C\C/C=C\C/C=C\C/C=C\C/C=C\CC. The van der Waals surface area contributed by atoms with E-state index in [4.69, 9.17) is 9.47 Å².